The van der Waals surface area contributed by atoms with Crippen LogP contribution in [0.4, 0.5) is 4.39 Å². The second-order valence-corrected chi connectivity index (χ2v) is 4.73. The number of carbonyl (C=O) groups is 1. The van der Waals surface area contributed by atoms with Gasteiger partial charge in [0, 0.05) is 17.6 Å². The third kappa shape index (κ3) is 4.58. The van der Waals surface area contributed by atoms with Gasteiger partial charge in [-0.25, -0.2) is 4.39 Å². The molecule has 3 nitrogen and oxygen atoms in total. The fourth-order valence-corrected chi connectivity index (χ4v) is 1.75. The van der Waals surface area contributed by atoms with Gasteiger partial charge in [-0.3, -0.25) is 4.79 Å². The van der Waals surface area contributed by atoms with E-state index in [2.05, 4.69) is 33.1 Å². The highest BCUT2D eigenvalue weighted by Gasteiger charge is 2.11. The molecule has 0 saturated heterocycles. The Morgan fingerprint density at radius 1 is 1.61 bits per heavy atom. The van der Waals surface area contributed by atoms with E-state index in [1.807, 2.05) is 0 Å². The monoisotopic (exact) mass is 314 g/mol. The van der Waals surface area contributed by atoms with Crippen molar-refractivity contribution in [2.45, 2.75) is 19.5 Å². The van der Waals surface area contributed by atoms with E-state index in [0.29, 0.717) is 13.1 Å². The van der Waals surface area contributed by atoms with Gasteiger partial charge in [0.2, 0.25) is 5.91 Å². The van der Waals surface area contributed by atoms with E-state index in [1.54, 1.807) is 19.1 Å². The number of rotatable bonds is 6. The summed E-state index contributed by atoms with van der Waals surface area (Å²) < 4.78 is 13.9. The molecule has 98 valence electrons. The molecule has 18 heavy (non-hydrogen) atoms. The second kappa shape index (κ2) is 7.28. The predicted octanol–water partition coefficient (Wildman–Crippen LogP) is 2.37. The Hall–Kier alpha value is -1.20. The van der Waals surface area contributed by atoms with Gasteiger partial charge in [0.1, 0.15) is 5.82 Å². The zero-order valence-corrected chi connectivity index (χ0v) is 11.8. The number of halogens is 2. The lowest BCUT2D eigenvalue weighted by atomic mass is 10.2. The van der Waals surface area contributed by atoms with Crippen molar-refractivity contribution in [2.24, 2.45) is 0 Å². The van der Waals surface area contributed by atoms with Gasteiger partial charge in [-0.05, 0) is 30.7 Å². The summed E-state index contributed by atoms with van der Waals surface area (Å²) in [6.45, 7) is 6.14. The second-order valence-electron chi connectivity index (χ2n) is 3.87. The van der Waals surface area contributed by atoms with Crippen LogP contribution >= 0.6 is 15.9 Å². The van der Waals surface area contributed by atoms with Gasteiger partial charge in [0.25, 0.3) is 0 Å². The smallest absolute Gasteiger partial charge is 0.237 e. The molecule has 0 saturated carbocycles. The summed E-state index contributed by atoms with van der Waals surface area (Å²) in [5, 5.41) is 5.72. The Morgan fingerprint density at radius 3 is 3.00 bits per heavy atom. The molecule has 0 spiro atoms. The van der Waals surface area contributed by atoms with E-state index in [4.69, 9.17) is 0 Å². The highest BCUT2D eigenvalue weighted by atomic mass is 79.9. The summed E-state index contributed by atoms with van der Waals surface area (Å²) in [6, 6.07) is 4.12. The molecule has 2 N–H and O–H groups in total. The van der Waals surface area contributed by atoms with E-state index in [0.717, 1.165) is 10.0 Å². The molecule has 1 aromatic carbocycles. The minimum atomic E-state index is -0.347. The van der Waals surface area contributed by atoms with Crippen molar-refractivity contribution >= 4 is 21.8 Å². The van der Waals surface area contributed by atoms with Gasteiger partial charge < -0.3 is 10.6 Å². The van der Waals surface area contributed by atoms with Crippen molar-refractivity contribution in [3.05, 3.63) is 46.7 Å². The lowest BCUT2D eigenvalue weighted by Crippen LogP contribution is -2.41. The van der Waals surface area contributed by atoms with Crippen LogP contribution in [0.25, 0.3) is 0 Å². The molecular formula is C13H16BrFN2O. The Kier molecular flexibility index (Phi) is 6.01. The Labute approximate surface area is 115 Å². The first-order valence-corrected chi connectivity index (χ1v) is 6.39. The highest BCUT2D eigenvalue weighted by molar-refractivity contribution is 9.10. The molecule has 0 radical (unpaired) electrons. The van der Waals surface area contributed by atoms with Gasteiger partial charge in [-0.2, -0.15) is 0 Å². The molecule has 0 aliphatic heterocycles. The van der Waals surface area contributed by atoms with E-state index >= 15 is 0 Å². The number of hydrogen-bond acceptors (Lipinski definition) is 2. The van der Waals surface area contributed by atoms with Crippen LogP contribution in [0, 0.1) is 5.82 Å². The van der Waals surface area contributed by atoms with Crippen molar-refractivity contribution < 1.29 is 9.18 Å². The number of benzene rings is 1. The van der Waals surface area contributed by atoms with Gasteiger partial charge >= 0.3 is 0 Å². The average molecular weight is 315 g/mol. The maximum Gasteiger partial charge on any atom is 0.237 e. The topological polar surface area (TPSA) is 41.1 Å². The largest absolute Gasteiger partial charge is 0.351 e. The molecule has 0 aliphatic carbocycles. The zero-order chi connectivity index (χ0) is 13.5. The third-order valence-electron chi connectivity index (χ3n) is 2.42. The van der Waals surface area contributed by atoms with Crippen LogP contribution in [0.1, 0.15) is 12.5 Å². The molecule has 1 atom stereocenters. The first-order chi connectivity index (χ1) is 8.54. The molecule has 1 aromatic rings. The Morgan fingerprint density at radius 2 is 2.33 bits per heavy atom. The Balaban J connectivity index is 2.51. The fourth-order valence-electron chi connectivity index (χ4n) is 1.36. The molecule has 5 heteroatoms. The summed E-state index contributed by atoms with van der Waals surface area (Å²) in [5.41, 5.74) is 0.776. The molecule has 0 aliphatic rings. The minimum Gasteiger partial charge on any atom is -0.351 e. The summed E-state index contributed by atoms with van der Waals surface area (Å²) in [6.07, 6.45) is 1.62. The van der Waals surface area contributed by atoms with E-state index in [9.17, 15) is 9.18 Å². The average Bonchev–Trinajstić information content (AvgIpc) is 2.36. The molecule has 0 aromatic heterocycles. The van der Waals surface area contributed by atoms with Crippen molar-refractivity contribution in [3.63, 3.8) is 0 Å². The molecule has 0 fully saturated rings. The van der Waals surface area contributed by atoms with E-state index in [-0.39, 0.29) is 17.8 Å². The molecular weight excluding hydrogens is 299 g/mol. The summed E-state index contributed by atoms with van der Waals surface area (Å²) in [7, 11) is 0. The van der Waals surface area contributed by atoms with Crippen LogP contribution in [0.15, 0.2) is 35.3 Å². The standard InChI is InChI=1S/C13H16BrFN2O/c1-3-6-16-13(18)9(2)17-8-10-7-11(15)4-5-12(10)14/h3-5,7,9,17H,1,6,8H2,2H3,(H,16,18). The number of amides is 1. The fraction of sp³-hybridized carbons (Fsp3) is 0.308. The summed E-state index contributed by atoms with van der Waals surface area (Å²) in [4.78, 5) is 11.6. The van der Waals surface area contributed by atoms with Crippen LogP contribution < -0.4 is 10.6 Å². The Bertz CT molecular complexity index is 437. The van der Waals surface area contributed by atoms with Crippen LogP contribution in [-0.4, -0.2) is 18.5 Å². The first kappa shape index (κ1) is 14.9. The molecule has 1 rings (SSSR count). The van der Waals surface area contributed by atoms with Crippen molar-refractivity contribution in [1.29, 1.82) is 0 Å². The predicted molar refractivity (Wildman–Crippen MR) is 73.6 cm³/mol. The van der Waals surface area contributed by atoms with Crippen molar-refractivity contribution in [1.82, 2.24) is 10.6 Å². The zero-order valence-electron chi connectivity index (χ0n) is 10.2. The van der Waals surface area contributed by atoms with Gasteiger partial charge in [-0.15, -0.1) is 6.58 Å². The number of carbonyl (C=O) groups excluding carboxylic acids is 1. The molecule has 1 unspecified atom stereocenters. The van der Waals surface area contributed by atoms with Crippen molar-refractivity contribution in [2.75, 3.05) is 6.54 Å². The lowest BCUT2D eigenvalue weighted by Gasteiger charge is -2.14. The van der Waals surface area contributed by atoms with Crippen LogP contribution in [-0.2, 0) is 11.3 Å². The van der Waals surface area contributed by atoms with E-state index < -0.39 is 0 Å². The third-order valence-corrected chi connectivity index (χ3v) is 3.19. The maximum atomic E-state index is 13.1. The summed E-state index contributed by atoms with van der Waals surface area (Å²) in [5.74, 6) is -0.402. The van der Waals surface area contributed by atoms with Crippen LogP contribution in [0.5, 0.6) is 0 Å². The SMILES string of the molecule is C=CCNC(=O)C(C)NCc1cc(F)ccc1Br. The molecule has 1 amide bonds. The molecule has 0 heterocycles. The maximum absolute atomic E-state index is 13.1. The van der Waals surface area contributed by atoms with Crippen LogP contribution in [0.3, 0.4) is 0 Å². The first-order valence-electron chi connectivity index (χ1n) is 5.60. The van der Waals surface area contributed by atoms with Gasteiger partial charge in [0.05, 0.1) is 6.04 Å². The quantitative estimate of drug-likeness (QED) is 0.791. The minimum absolute atomic E-state index is 0.109. The summed E-state index contributed by atoms with van der Waals surface area (Å²) >= 11 is 3.34. The normalized spacial score (nSPS) is 11.9. The van der Waals surface area contributed by atoms with Gasteiger partial charge in [0.15, 0.2) is 0 Å². The van der Waals surface area contributed by atoms with Crippen LogP contribution in [0.2, 0.25) is 0 Å². The lowest BCUT2D eigenvalue weighted by molar-refractivity contribution is -0.122. The van der Waals surface area contributed by atoms with Crippen molar-refractivity contribution in [3.8, 4) is 0 Å². The molecule has 0 bridgehead atoms. The number of hydrogen-bond donors (Lipinski definition) is 2. The number of nitrogens with one attached hydrogen (secondary N) is 2. The highest BCUT2D eigenvalue weighted by Crippen LogP contribution is 2.17. The van der Waals surface area contributed by atoms with E-state index in [1.165, 1.54) is 12.1 Å². The van der Waals surface area contributed by atoms with Gasteiger partial charge in [-0.1, -0.05) is 22.0 Å².